The lowest BCUT2D eigenvalue weighted by Gasteiger charge is -2.14. The van der Waals surface area contributed by atoms with Crippen LogP contribution >= 0.6 is 0 Å². The number of nitrogens with zero attached hydrogens (tertiary/aromatic N) is 3. The second-order valence-corrected chi connectivity index (χ2v) is 4.09. The van der Waals surface area contributed by atoms with Crippen molar-refractivity contribution in [1.29, 1.82) is 0 Å². The molecule has 0 radical (unpaired) electrons. The molecule has 18 heavy (non-hydrogen) atoms. The van der Waals surface area contributed by atoms with E-state index in [0.29, 0.717) is 0 Å². The fourth-order valence-electron chi connectivity index (χ4n) is 2.07. The molecule has 3 rings (SSSR count). The van der Waals surface area contributed by atoms with Crippen LogP contribution in [0.15, 0.2) is 55.4 Å². The summed E-state index contributed by atoms with van der Waals surface area (Å²) in [5.41, 5.74) is 8.25. The fraction of sp³-hybridized carbons (Fsp3) is 0.0714. The molecule has 1 unspecified atom stereocenters. The van der Waals surface area contributed by atoms with Gasteiger partial charge < -0.3 is 5.73 Å². The predicted molar refractivity (Wildman–Crippen MR) is 69.8 cm³/mol. The minimum absolute atomic E-state index is 0.225. The molecule has 0 amide bonds. The molecule has 0 aliphatic rings. The first kappa shape index (κ1) is 10.8. The maximum absolute atomic E-state index is 6.28. The molecule has 88 valence electrons. The number of fused-ring (bicyclic) bond motifs is 1. The average Bonchev–Trinajstić information content (AvgIpc) is 2.47. The molecule has 0 aliphatic heterocycles. The van der Waals surface area contributed by atoms with Crippen molar-refractivity contribution in [2.75, 3.05) is 0 Å². The van der Waals surface area contributed by atoms with Gasteiger partial charge in [-0.05, 0) is 17.0 Å². The zero-order valence-electron chi connectivity index (χ0n) is 9.69. The number of benzene rings is 1. The zero-order valence-corrected chi connectivity index (χ0v) is 9.69. The standard InChI is InChI=1S/C14H12N4/c15-14(11-7-17-9-18-8-11)13-3-1-2-10-6-16-5-4-12(10)13/h1-9,14H,15H2. The molecular formula is C14H12N4. The number of rotatable bonds is 2. The number of aromatic nitrogens is 3. The summed E-state index contributed by atoms with van der Waals surface area (Å²) in [5, 5.41) is 2.20. The van der Waals surface area contributed by atoms with Crippen LogP contribution in [0.2, 0.25) is 0 Å². The van der Waals surface area contributed by atoms with Crippen molar-refractivity contribution >= 4 is 10.8 Å². The highest BCUT2D eigenvalue weighted by Crippen LogP contribution is 2.25. The summed E-state index contributed by atoms with van der Waals surface area (Å²) in [7, 11) is 0. The van der Waals surface area contributed by atoms with E-state index < -0.39 is 0 Å². The molecule has 0 saturated heterocycles. The number of hydrogen-bond acceptors (Lipinski definition) is 4. The second kappa shape index (κ2) is 4.50. The highest BCUT2D eigenvalue weighted by molar-refractivity contribution is 5.85. The molecule has 1 atom stereocenters. The number of nitrogens with two attached hydrogens (primary N) is 1. The minimum atomic E-state index is -0.225. The molecule has 0 bridgehead atoms. The van der Waals surface area contributed by atoms with Crippen LogP contribution in [-0.2, 0) is 0 Å². The molecule has 0 aliphatic carbocycles. The Morgan fingerprint density at radius 2 is 1.78 bits per heavy atom. The lowest BCUT2D eigenvalue weighted by molar-refractivity contribution is 0.858. The Morgan fingerprint density at radius 1 is 0.944 bits per heavy atom. The van der Waals surface area contributed by atoms with Gasteiger partial charge in [-0.1, -0.05) is 18.2 Å². The topological polar surface area (TPSA) is 64.7 Å². The molecule has 0 spiro atoms. The summed E-state index contributed by atoms with van der Waals surface area (Å²) < 4.78 is 0. The summed E-state index contributed by atoms with van der Waals surface area (Å²) >= 11 is 0. The number of hydrogen-bond donors (Lipinski definition) is 1. The molecular weight excluding hydrogens is 224 g/mol. The summed E-state index contributed by atoms with van der Waals surface area (Å²) in [6, 6.07) is 7.80. The highest BCUT2D eigenvalue weighted by atomic mass is 14.8. The monoisotopic (exact) mass is 236 g/mol. The Kier molecular flexibility index (Phi) is 2.70. The third-order valence-electron chi connectivity index (χ3n) is 2.99. The van der Waals surface area contributed by atoms with E-state index in [4.69, 9.17) is 5.73 Å². The molecule has 2 N–H and O–H groups in total. The Hall–Kier alpha value is -2.33. The Labute approximate surface area is 105 Å². The third-order valence-corrected chi connectivity index (χ3v) is 2.99. The molecule has 2 aromatic heterocycles. The first-order chi connectivity index (χ1) is 8.86. The van der Waals surface area contributed by atoms with Crippen molar-refractivity contribution in [2.24, 2.45) is 5.73 Å². The number of pyridine rings is 1. The largest absolute Gasteiger partial charge is 0.320 e. The first-order valence-corrected chi connectivity index (χ1v) is 5.69. The van der Waals surface area contributed by atoms with Crippen LogP contribution in [0.3, 0.4) is 0 Å². The lowest BCUT2D eigenvalue weighted by Crippen LogP contribution is -2.12. The Balaban J connectivity index is 2.15. The summed E-state index contributed by atoms with van der Waals surface area (Å²) in [6.45, 7) is 0. The summed E-state index contributed by atoms with van der Waals surface area (Å²) in [5.74, 6) is 0. The maximum Gasteiger partial charge on any atom is 0.115 e. The van der Waals surface area contributed by atoms with Gasteiger partial charge in [-0.25, -0.2) is 9.97 Å². The minimum Gasteiger partial charge on any atom is -0.320 e. The summed E-state index contributed by atoms with van der Waals surface area (Å²) in [4.78, 5) is 12.1. The van der Waals surface area contributed by atoms with E-state index >= 15 is 0 Å². The van der Waals surface area contributed by atoms with E-state index in [1.807, 2.05) is 30.5 Å². The molecule has 3 aromatic rings. The molecule has 4 heteroatoms. The van der Waals surface area contributed by atoms with Crippen LogP contribution in [0.5, 0.6) is 0 Å². The SMILES string of the molecule is NC(c1cncnc1)c1cccc2cnccc12. The van der Waals surface area contributed by atoms with Crippen molar-refractivity contribution in [3.8, 4) is 0 Å². The van der Waals surface area contributed by atoms with Gasteiger partial charge in [-0.3, -0.25) is 4.98 Å². The van der Waals surface area contributed by atoms with Gasteiger partial charge in [0.1, 0.15) is 6.33 Å². The van der Waals surface area contributed by atoms with Gasteiger partial charge in [0.25, 0.3) is 0 Å². The molecule has 1 aromatic carbocycles. The lowest BCUT2D eigenvalue weighted by atomic mass is 9.97. The van der Waals surface area contributed by atoms with Crippen LogP contribution in [0.25, 0.3) is 10.8 Å². The van der Waals surface area contributed by atoms with Gasteiger partial charge in [0.05, 0.1) is 6.04 Å². The summed E-state index contributed by atoms with van der Waals surface area (Å²) in [6.07, 6.45) is 8.62. The molecule has 2 heterocycles. The van der Waals surface area contributed by atoms with Crippen LogP contribution in [-0.4, -0.2) is 15.0 Å². The van der Waals surface area contributed by atoms with Crippen LogP contribution in [0.1, 0.15) is 17.2 Å². The van der Waals surface area contributed by atoms with Crippen molar-refractivity contribution < 1.29 is 0 Å². The van der Waals surface area contributed by atoms with E-state index in [9.17, 15) is 0 Å². The van der Waals surface area contributed by atoms with Crippen molar-refractivity contribution in [2.45, 2.75) is 6.04 Å². The van der Waals surface area contributed by atoms with Crippen molar-refractivity contribution in [3.63, 3.8) is 0 Å². The van der Waals surface area contributed by atoms with Gasteiger partial charge in [-0.15, -0.1) is 0 Å². The van der Waals surface area contributed by atoms with Gasteiger partial charge in [0.15, 0.2) is 0 Å². The first-order valence-electron chi connectivity index (χ1n) is 5.69. The van der Waals surface area contributed by atoms with E-state index in [0.717, 1.165) is 21.9 Å². The highest BCUT2D eigenvalue weighted by Gasteiger charge is 2.12. The maximum atomic E-state index is 6.28. The van der Waals surface area contributed by atoms with Gasteiger partial charge >= 0.3 is 0 Å². The van der Waals surface area contributed by atoms with E-state index in [2.05, 4.69) is 15.0 Å². The van der Waals surface area contributed by atoms with E-state index in [1.165, 1.54) is 6.33 Å². The quantitative estimate of drug-likeness (QED) is 0.739. The van der Waals surface area contributed by atoms with Crippen molar-refractivity contribution in [3.05, 3.63) is 66.5 Å². The smallest absolute Gasteiger partial charge is 0.115 e. The van der Waals surface area contributed by atoms with Crippen LogP contribution in [0.4, 0.5) is 0 Å². The van der Waals surface area contributed by atoms with Crippen LogP contribution < -0.4 is 5.73 Å². The van der Waals surface area contributed by atoms with E-state index in [1.54, 1.807) is 18.6 Å². The zero-order chi connectivity index (χ0) is 12.4. The molecule has 4 nitrogen and oxygen atoms in total. The second-order valence-electron chi connectivity index (χ2n) is 4.09. The average molecular weight is 236 g/mol. The van der Waals surface area contributed by atoms with Gasteiger partial charge in [-0.2, -0.15) is 0 Å². The third kappa shape index (κ3) is 1.83. The molecule has 0 saturated carbocycles. The Bertz CT molecular complexity index is 661. The van der Waals surface area contributed by atoms with E-state index in [-0.39, 0.29) is 6.04 Å². The fourth-order valence-corrected chi connectivity index (χ4v) is 2.07. The Morgan fingerprint density at radius 3 is 2.61 bits per heavy atom. The predicted octanol–water partition coefficient (Wildman–Crippen LogP) is 2.07. The van der Waals surface area contributed by atoms with Crippen LogP contribution in [0, 0.1) is 0 Å². The van der Waals surface area contributed by atoms with Gasteiger partial charge in [0.2, 0.25) is 0 Å². The van der Waals surface area contributed by atoms with Crippen molar-refractivity contribution in [1.82, 2.24) is 15.0 Å². The molecule has 0 fully saturated rings. The van der Waals surface area contributed by atoms with Gasteiger partial charge in [0, 0.05) is 35.7 Å². The normalized spacial score (nSPS) is 12.5.